The van der Waals surface area contributed by atoms with Crippen molar-refractivity contribution in [2.24, 2.45) is 0 Å². The monoisotopic (exact) mass is 398 g/mol. The van der Waals surface area contributed by atoms with Crippen LogP contribution < -0.4 is 9.62 Å². The molecule has 1 amide bonds. The van der Waals surface area contributed by atoms with Crippen LogP contribution in [0.3, 0.4) is 0 Å². The largest absolute Gasteiger partial charge is 0.350 e. The van der Waals surface area contributed by atoms with E-state index >= 15 is 0 Å². The van der Waals surface area contributed by atoms with Gasteiger partial charge in [-0.15, -0.1) is 0 Å². The molecule has 5 nitrogen and oxygen atoms in total. The number of hydrogen-bond acceptors (Lipinski definition) is 3. The van der Waals surface area contributed by atoms with E-state index in [1.54, 1.807) is 31.2 Å². The van der Waals surface area contributed by atoms with Gasteiger partial charge in [-0.1, -0.05) is 30.7 Å². The average Bonchev–Trinajstić information content (AvgIpc) is 2.59. The second kappa shape index (κ2) is 8.51. The molecule has 0 aliphatic rings. The lowest BCUT2D eigenvalue weighted by Crippen LogP contribution is -2.49. The molecule has 0 spiro atoms. The summed E-state index contributed by atoms with van der Waals surface area (Å²) < 4.78 is 38.7. The van der Waals surface area contributed by atoms with Crippen LogP contribution in [0.2, 0.25) is 5.02 Å². The highest BCUT2D eigenvalue weighted by Crippen LogP contribution is 2.23. The average molecular weight is 399 g/mol. The lowest BCUT2D eigenvalue weighted by Gasteiger charge is -2.30. The van der Waals surface area contributed by atoms with E-state index in [9.17, 15) is 17.6 Å². The Labute approximate surface area is 157 Å². The molecule has 26 heavy (non-hydrogen) atoms. The molecule has 140 valence electrons. The van der Waals surface area contributed by atoms with Crippen LogP contribution in [-0.2, 0) is 21.4 Å². The van der Waals surface area contributed by atoms with Crippen molar-refractivity contribution in [3.05, 3.63) is 64.9 Å². The van der Waals surface area contributed by atoms with Crippen molar-refractivity contribution in [3.63, 3.8) is 0 Å². The Hall–Kier alpha value is -2.12. The number of carbonyl (C=O) groups is 1. The molecule has 0 bridgehead atoms. The van der Waals surface area contributed by atoms with E-state index in [0.717, 1.165) is 28.3 Å². The Bertz CT molecular complexity index is 855. The number of nitrogens with zero attached hydrogens (tertiary/aromatic N) is 1. The van der Waals surface area contributed by atoms with E-state index in [1.165, 1.54) is 12.1 Å². The molecule has 0 saturated heterocycles. The Balaban J connectivity index is 2.22. The fourth-order valence-corrected chi connectivity index (χ4v) is 3.90. The van der Waals surface area contributed by atoms with Gasteiger partial charge in [-0.25, -0.2) is 12.8 Å². The van der Waals surface area contributed by atoms with Crippen LogP contribution in [0.1, 0.15) is 18.9 Å². The SMILES string of the molecule is CCC(C(=O)NCc1ccc(Cl)cc1)N(c1ccc(F)cc1)S(C)(=O)=O. The van der Waals surface area contributed by atoms with Crippen LogP contribution >= 0.6 is 11.6 Å². The van der Waals surface area contributed by atoms with Gasteiger partial charge in [-0.3, -0.25) is 9.10 Å². The predicted octanol–water partition coefficient (Wildman–Crippen LogP) is 3.34. The lowest BCUT2D eigenvalue weighted by atomic mass is 10.1. The molecule has 0 aromatic heterocycles. The minimum Gasteiger partial charge on any atom is -0.350 e. The predicted molar refractivity (Wildman–Crippen MR) is 101 cm³/mol. The minimum absolute atomic E-state index is 0.238. The maximum Gasteiger partial charge on any atom is 0.244 e. The fraction of sp³-hybridized carbons (Fsp3) is 0.278. The number of amides is 1. The van der Waals surface area contributed by atoms with Crippen LogP contribution in [0.25, 0.3) is 0 Å². The number of rotatable bonds is 7. The van der Waals surface area contributed by atoms with E-state index in [-0.39, 0.29) is 18.7 Å². The van der Waals surface area contributed by atoms with Crippen LogP contribution in [0.4, 0.5) is 10.1 Å². The molecule has 8 heteroatoms. The van der Waals surface area contributed by atoms with E-state index in [2.05, 4.69) is 5.32 Å². The van der Waals surface area contributed by atoms with Crippen molar-refractivity contribution in [1.29, 1.82) is 0 Å². The molecule has 1 atom stereocenters. The number of hydrogen-bond donors (Lipinski definition) is 1. The smallest absolute Gasteiger partial charge is 0.244 e. The quantitative estimate of drug-likeness (QED) is 0.777. The summed E-state index contributed by atoms with van der Waals surface area (Å²) in [6.45, 7) is 1.96. The molecular weight excluding hydrogens is 379 g/mol. The molecule has 2 aromatic rings. The number of anilines is 1. The first-order valence-electron chi connectivity index (χ1n) is 7.99. The first-order chi connectivity index (χ1) is 12.2. The Morgan fingerprint density at radius 2 is 1.73 bits per heavy atom. The highest BCUT2D eigenvalue weighted by atomic mass is 35.5. The standard InChI is InChI=1S/C18H20ClFN2O3S/c1-3-17(18(23)21-12-13-4-6-14(19)7-5-13)22(26(2,24)25)16-10-8-15(20)9-11-16/h4-11,17H,3,12H2,1-2H3,(H,21,23). The van der Waals surface area contributed by atoms with Gasteiger partial charge in [0.1, 0.15) is 11.9 Å². The maximum atomic E-state index is 13.2. The molecule has 0 radical (unpaired) electrons. The van der Waals surface area contributed by atoms with Crippen molar-refractivity contribution in [1.82, 2.24) is 5.32 Å². The van der Waals surface area contributed by atoms with Gasteiger partial charge in [0.15, 0.2) is 0 Å². The van der Waals surface area contributed by atoms with Gasteiger partial charge in [0.2, 0.25) is 15.9 Å². The number of nitrogens with one attached hydrogen (secondary N) is 1. The highest BCUT2D eigenvalue weighted by molar-refractivity contribution is 7.92. The van der Waals surface area contributed by atoms with Gasteiger partial charge in [-0.2, -0.15) is 0 Å². The molecular formula is C18H20ClFN2O3S. The summed E-state index contributed by atoms with van der Waals surface area (Å²) in [4.78, 5) is 12.6. The zero-order valence-corrected chi connectivity index (χ0v) is 16.0. The second-order valence-corrected chi connectivity index (χ2v) is 8.10. The fourth-order valence-electron chi connectivity index (χ4n) is 2.56. The lowest BCUT2D eigenvalue weighted by molar-refractivity contribution is -0.122. The normalized spacial score (nSPS) is 12.5. The number of halogens is 2. The van der Waals surface area contributed by atoms with Crippen molar-refractivity contribution < 1.29 is 17.6 Å². The molecule has 0 heterocycles. The van der Waals surface area contributed by atoms with Crippen molar-refractivity contribution in [2.75, 3.05) is 10.6 Å². The van der Waals surface area contributed by atoms with Gasteiger partial charge in [0, 0.05) is 11.6 Å². The Kier molecular flexibility index (Phi) is 6.61. The topological polar surface area (TPSA) is 66.5 Å². The van der Waals surface area contributed by atoms with E-state index < -0.39 is 27.8 Å². The van der Waals surface area contributed by atoms with Gasteiger partial charge in [0.05, 0.1) is 11.9 Å². The first kappa shape index (κ1) is 20.2. The third kappa shape index (κ3) is 5.19. The first-order valence-corrected chi connectivity index (χ1v) is 10.2. The van der Waals surface area contributed by atoms with Crippen LogP contribution in [0.5, 0.6) is 0 Å². The summed E-state index contributed by atoms with van der Waals surface area (Å²) >= 11 is 5.83. The summed E-state index contributed by atoms with van der Waals surface area (Å²) in [5.41, 5.74) is 1.08. The zero-order chi connectivity index (χ0) is 19.3. The molecule has 1 unspecified atom stereocenters. The van der Waals surface area contributed by atoms with Crippen molar-refractivity contribution >= 4 is 33.2 Å². The summed E-state index contributed by atoms with van der Waals surface area (Å²) in [6.07, 6.45) is 1.28. The van der Waals surface area contributed by atoms with Crippen LogP contribution in [-0.4, -0.2) is 26.6 Å². The molecule has 0 saturated carbocycles. The minimum atomic E-state index is -3.74. The number of benzene rings is 2. The van der Waals surface area contributed by atoms with Crippen LogP contribution in [0.15, 0.2) is 48.5 Å². The Morgan fingerprint density at radius 1 is 1.15 bits per heavy atom. The Morgan fingerprint density at radius 3 is 2.23 bits per heavy atom. The maximum absolute atomic E-state index is 13.2. The van der Waals surface area contributed by atoms with Gasteiger partial charge in [0.25, 0.3) is 0 Å². The highest BCUT2D eigenvalue weighted by Gasteiger charge is 2.31. The van der Waals surface area contributed by atoms with E-state index in [4.69, 9.17) is 11.6 Å². The van der Waals surface area contributed by atoms with Crippen molar-refractivity contribution in [2.45, 2.75) is 25.9 Å². The van der Waals surface area contributed by atoms with Gasteiger partial charge >= 0.3 is 0 Å². The summed E-state index contributed by atoms with van der Waals surface area (Å²) in [5.74, 6) is -0.917. The van der Waals surface area contributed by atoms with E-state index in [0.29, 0.717) is 5.02 Å². The molecule has 0 aliphatic carbocycles. The van der Waals surface area contributed by atoms with E-state index in [1.807, 2.05) is 0 Å². The number of carbonyl (C=O) groups excluding carboxylic acids is 1. The third-order valence-corrected chi connectivity index (χ3v) is 5.22. The van der Waals surface area contributed by atoms with Crippen LogP contribution in [0, 0.1) is 5.82 Å². The number of sulfonamides is 1. The second-order valence-electron chi connectivity index (χ2n) is 5.80. The molecule has 2 aromatic carbocycles. The summed E-state index contributed by atoms with van der Waals surface area (Å²) in [6, 6.07) is 11.0. The van der Waals surface area contributed by atoms with Crippen molar-refractivity contribution in [3.8, 4) is 0 Å². The zero-order valence-electron chi connectivity index (χ0n) is 14.4. The molecule has 2 rings (SSSR count). The molecule has 0 fully saturated rings. The summed E-state index contributed by atoms with van der Waals surface area (Å²) in [5, 5.41) is 3.33. The third-order valence-electron chi connectivity index (χ3n) is 3.79. The van der Waals surface area contributed by atoms with Gasteiger partial charge < -0.3 is 5.32 Å². The molecule has 0 aliphatic heterocycles. The summed E-state index contributed by atoms with van der Waals surface area (Å²) in [7, 11) is -3.74. The van der Waals surface area contributed by atoms with Gasteiger partial charge in [-0.05, 0) is 48.4 Å². The molecule has 1 N–H and O–H groups in total.